The molecule has 1 aromatic carbocycles. The number of nitrogens with zero attached hydrogens (tertiary/aromatic N) is 3. The molecule has 3 rings (SSSR count). The zero-order chi connectivity index (χ0) is 19.8. The number of hydrogen-bond acceptors (Lipinski definition) is 3. The molecule has 0 saturated carbocycles. The molecule has 158 valence electrons. The van der Waals surface area contributed by atoms with Crippen LogP contribution in [-0.4, -0.2) is 48.6 Å². The fraction of sp³-hybridized carbons (Fsp3) is 0.429. The summed E-state index contributed by atoms with van der Waals surface area (Å²) in [4.78, 5) is 11.0. The number of aromatic nitrogens is 1. The van der Waals surface area contributed by atoms with Gasteiger partial charge in [0.15, 0.2) is 5.96 Å². The van der Waals surface area contributed by atoms with Crippen molar-refractivity contribution in [2.75, 3.05) is 26.7 Å². The van der Waals surface area contributed by atoms with Crippen LogP contribution in [0.4, 0.5) is 8.78 Å². The molecule has 0 atom stereocenters. The normalized spacial score (nSPS) is 15.6. The molecule has 2 aromatic rings. The third-order valence-corrected chi connectivity index (χ3v) is 4.96. The highest BCUT2D eigenvalue weighted by molar-refractivity contribution is 14.0. The molecule has 8 heteroatoms. The van der Waals surface area contributed by atoms with Crippen molar-refractivity contribution in [2.24, 2.45) is 4.99 Å². The van der Waals surface area contributed by atoms with Gasteiger partial charge in [0, 0.05) is 45.5 Å². The Kier molecular flexibility index (Phi) is 9.72. The van der Waals surface area contributed by atoms with Crippen LogP contribution in [0.15, 0.2) is 47.6 Å². The van der Waals surface area contributed by atoms with Crippen LogP contribution in [0.3, 0.4) is 0 Å². The van der Waals surface area contributed by atoms with Gasteiger partial charge in [-0.25, -0.2) is 8.78 Å². The number of benzene rings is 1. The van der Waals surface area contributed by atoms with E-state index in [2.05, 4.69) is 31.6 Å². The van der Waals surface area contributed by atoms with Crippen LogP contribution in [0.2, 0.25) is 0 Å². The largest absolute Gasteiger partial charge is 0.356 e. The summed E-state index contributed by atoms with van der Waals surface area (Å²) in [7, 11) is 1.72. The van der Waals surface area contributed by atoms with Crippen molar-refractivity contribution in [2.45, 2.75) is 31.8 Å². The minimum atomic E-state index is -0.420. The SMILES string of the molecule is CN=C(NCCc1cc(F)ccc1F)NC1CCN(Cc2ccccn2)CC1.I. The van der Waals surface area contributed by atoms with Crippen molar-refractivity contribution in [3.05, 3.63) is 65.5 Å². The van der Waals surface area contributed by atoms with Gasteiger partial charge >= 0.3 is 0 Å². The van der Waals surface area contributed by atoms with E-state index in [4.69, 9.17) is 0 Å². The fourth-order valence-electron chi connectivity index (χ4n) is 3.39. The van der Waals surface area contributed by atoms with Crippen molar-refractivity contribution in [3.63, 3.8) is 0 Å². The summed E-state index contributed by atoms with van der Waals surface area (Å²) >= 11 is 0. The molecule has 0 amide bonds. The standard InChI is InChI=1S/C21H27F2N5.HI/c1-24-21(26-11-7-16-14-17(22)5-6-20(16)23)27-18-8-12-28(13-9-18)15-19-4-2-3-10-25-19;/h2-6,10,14,18H,7-9,11-13,15H2,1H3,(H2,24,26,27);1H. The molecule has 0 bridgehead atoms. The maximum Gasteiger partial charge on any atom is 0.191 e. The van der Waals surface area contributed by atoms with E-state index in [1.165, 1.54) is 6.07 Å². The molecular formula is C21H28F2IN5. The van der Waals surface area contributed by atoms with Crippen molar-refractivity contribution < 1.29 is 8.78 Å². The summed E-state index contributed by atoms with van der Waals surface area (Å²) in [6.45, 7) is 3.36. The van der Waals surface area contributed by atoms with Crippen LogP contribution >= 0.6 is 24.0 Å². The second kappa shape index (κ2) is 12.0. The summed E-state index contributed by atoms with van der Waals surface area (Å²) in [5.41, 5.74) is 1.46. The van der Waals surface area contributed by atoms with Crippen molar-refractivity contribution in [1.82, 2.24) is 20.5 Å². The van der Waals surface area contributed by atoms with E-state index < -0.39 is 5.82 Å². The van der Waals surface area contributed by atoms with E-state index in [1.807, 2.05) is 18.3 Å². The maximum atomic E-state index is 13.7. The lowest BCUT2D eigenvalue weighted by atomic mass is 10.0. The van der Waals surface area contributed by atoms with Crippen LogP contribution in [0.25, 0.3) is 0 Å². The van der Waals surface area contributed by atoms with Crippen molar-refractivity contribution in [3.8, 4) is 0 Å². The molecule has 0 unspecified atom stereocenters. The van der Waals surface area contributed by atoms with Gasteiger partial charge < -0.3 is 10.6 Å². The minimum absolute atomic E-state index is 0. The Morgan fingerprint density at radius 3 is 2.69 bits per heavy atom. The second-order valence-electron chi connectivity index (χ2n) is 7.00. The topological polar surface area (TPSA) is 52.6 Å². The number of piperidine rings is 1. The summed E-state index contributed by atoms with van der Waals surface area (Å²) < 4.78 is 26.9. The zero-order valence-electron chi connectivity index (χ0n) is 16.6. The Labute approximate surface area is 188 Å². The Balaban J connectivity index is 0.00000300. The molecule has 1 saturated heterocycles. The molecule has 5 nitrogen and oxygen atoms in total. The summed E-state index contributed by atoms with van der Waals surface area (Å²) in [5, 5.41) is 6.62. The highest BCUT2D eigenvalue weighted by Gasteiger charge is 2.20. The number of pyridine rings is 1. The summed E-state index contributed by atoms with van der Waals surface area (Å²) in [5.74, 6) is -0.109. The maximum absolute atomic E-state index is 13.7. The number of likely N-dealkylation sites (tertiary alicyclic amines) is 1. The van der Waals surface area contributed by atoms with Crippen LogP contribution in [0, 0.1) is 11.6 Å². The first-order valence-electron chi connectivity index (χ1n) is 9.67. The third kappa shape index (κ3) is 7.50. The average molecular weight is 515 g/mol. The van der Waals surface area contributed by atoms with Gasteiger partial charge in [-0.1, -0.05) is 6.07 Å². The summed E-state index contributed by atoms with van der Waals surface area (Å²) in [6, 6.07) is 9.88. The number of guanidine groups is 1. The van der Waals surface area contributed by atoms with E-state index in [-0.39, 0.29) is 29.8 Å². The molecule has 0 aliphatic carbocycles. The fourth-order valence-corrected chi connectivity index (χ4v) is 3.39. The first-order chi connectivity index (χ1) is 13.6. The van der Waals surface area contributed by atoms with Crippen LogP contribution < -0.4 is 10.6 Å². The minimum Gasteiger partial charge on any atom is -0.356 e. The van der Waals surface area contributed by atoms with Crippen molar-refractivity contribution in [1.29, 1.82) is 0 Å². The van der Waals surface area contributed by atoms with Crippen LogP contribution in [-0.2, 0) is 13.0 Å². The van der Waals surface area contributed by atoms with E-state index in [1.54, 1.807) is 7.05 Å². The van der Waals surface area contributed by atoms with Crippen molar-refractivity contribution >= 4 is 29.9 Å². The number of rotatable bonds is 6. The molecule has 2 N–H and O–H groups in total. The molecule has 1 aromatic heterocycles. The van der Waals surface area contributed by atoms with Gasteiger partial charge in [-0.3, -0.25) is 14.9 Å². The number of halogens is 3. The number of nitrogens with one attached hydrogen (secondary N) is 2. The highest BCUT2D eigenvalue weighted by atomic mass is 127. The predicted octanol–water partition coefficient (Wildman–Crippen LogP) is 3.35. The second-order valence-corrected chi connectivity index (χ2v) is 7.00. The molecule has 0 radical (unpaired) electrons. The van der Waals surface area contributed by atoms with Gasteiger partial charge in [-0.15, -0.1) is 24.0 Å². The van der Waals surface area contributed by atoms with E-state index >= 15 is 0 Å². The van der Waals surface area contributed by atoms with E-state index in [9.17, 15) is 8.78 Å². The van der Waals surface area contributed by atoms with Gasteiger partial charge in [0.05, 0.1) is 5.69 Å². The lowest BCUT2D eigenvalue weighted by molar-refractivity contribution is 0.196. The van der Waals surface area contributed by atoms with E-state index in [0.717, 1.165) is 50.3 Å². The lowest BCUT2D eigenvalue weighted by Crippen LogP contribution is -2.48. The first kappa shape index (κ1) is 23.5. The third-order valence-electron chi connectivity index (χ3n) is 4.96. The Morgan fingerprint density at radius 1 is 1.21 bits per heavy atom. The molecule has 1 aliphatic rings. The predicted molar refractivity (Wildman–Crippen MR) is 123 cm³/mol. The Hall–Kier alpha value is -1.81. The van der Waals surface area contributed by atoms with Gasteiger partial charge in [0.2, 0.25) is 0 Å². The first-order valence-corrected chi connectivity index (χ1v) is 9.67. The van der Waals surface area contributed by atoms with Crippen LogP contribution in [0.1, 0.15) is 24.1 Å². The number of hydrogen-bond donors (Lipinski definition) is 2. The van der Waals surface area contributed by atoms with E-state index in [0.29, 0.717) is 30.5 Å². The molecule has 1 fully saturated rings. The van der Waals surface area contributed by atoms with Gasteiger partial charge in [-0.05, 0) is 55.2 Å². The highest BCUT2D eigenvalue weighted by Crippen LogP contribution is 2.13. The van der Waals surface area contributed by atoms with Gasteiger partial charge in [0.25, 0.3) is 0 Å². The molecule has 0 spiro atoms. The van der Waals surface area contributed by atoms with Gasteiger partial charge in [-0.2, -0.15) is 0 Å². The number of aliphatic imine (C=N–C) groups is 1. The quantitative estimate of drug-likeness (QED) is 0.352. The summed E-state index contributed by atoms with van der Waals surface area (Å²) in [6.07, 6.45) is 4.26. The smallest absolute Gasteiger partial charge is 0.191 e. The lowest BCUT2D eigenvalue weighted by Gasteiger charge is -2.32. The molecular weight excluding hydrogens is 487 g/mol. The average Bonchev–Trinajstić information content (AvgIpc) is 2.72. The monoisotopic (exact) mass is 515 g/mol. The van der Waals surface area contributed by atoms with Crippen LogP contribution in [0.5, 0.6) is 0 Å². The molecule has 2 heterocycles. The Morgan fingerprint density at radius 2 is 2.00 bits per heavy atom. The Bertz CT molecular complexity index is 780. The molecule has 29 heavy (non-hydrogen) atoms. The molecule has 1 aliphatic heterocycles. The van der Waals surface area contributed by atoms with Gasteiger partial charge in [0.1, 0.15) is 11.6 Å². The zero-order valence-corrected chi connectivity index (χ0v) is 18.9.